The van der Waals surface area contributed by atoms with Gasteiger partial charge in [0.2, 0.25) is 0 Å². The SMILES string of the molecule is Cc1ccc(-n2cccc2[C@@H]2[C@@H](c3ccccn3)NC(=S)N2c2ccc(Br)cc2)cc1. The van der Waals surface area contributed by atoms with Crippen molar-refractivity contribution >= 4 is 38.9 Å². The Bertz CT molecular complexity index is 1200. The predicted octanol–water partition coefficient (Wildman–Crippen LogP) is 6.12. The summed E-state index contributed by atoms with van der Waals surface area (Å²) in [5.41, 5.74) is 5.52. The number of pyridine rings is 1. The second-order valence-corrected chi connectivity index (χ2v) is 8.91. The van der Waals surface area contributed by atoms with E-state index in [1.165, 1.54) is 5.56 Å². The Hall–Kier alpha value is -2.96. The number of anilines is 1. The van der Waals surface area contributed by atoms with Crippen molar-refractivity contribution in [2.45, 2.75) is 19.0 Å². The van der Waals surface area contributed by atoms with Crippen LogP contribution in [0.3, 0.4) is 0 Å². The summed E-state index contributed by atoms with van der Waals surface area (Å²) in [5.74, 6) is 0. The number of halogens is 1. The molecule has 0 aliphatic carbocycles. The van der Waals surface area contributed by atoms with Crippen LogP contribution in [0, 0.1) is 6.92 Å². The molecule has 0 amide bonds. The molecule has 1 saturated heterocycles. The molecule has 5 rings (SSSR count). The van der Waals surface area contributed by atoms with Crippen LogP contribution >= 0.6 is 28.1 Å². The topological polar surface area (TPSA) is 33.1 Å². The molecule has 1 aliphatic heterocycles. The van der Waals surface area contributed by atoms with Crippen molar-refractivity contribution in [1.29, 1.82) is 0 Å². The molecule has 1 N–H and O–H groups in total. The first-order valence-electron chi connectivity index (χ1n) is 10.1. The van der Waals surface area contributed by atoms with Gasteiger partial charge in [-0.3, -0.25) is 4.98 Å². The molecular weight excluding hydrogens is 468 g/mol. The normalized spacial score (nSPS) is 18.3. The number of rotatable bonds is 4. The molecule has 0 unspecified atom stereocenters. The van der Waals surface area contributed by atoms with Gasteiger partial charge in [-0.15, -0.1) is 0 Å². The Morgan fingerprint density at radius 3 is 2.35 bits per heavy atom. The minimum Gasteiger partial charge on any atom is -0.351 e. The lowest BCUT2D eigenvalue weighted by Crippen LogP contribution is -2.30. The van der Waals surface area contributed by atoms with Crippen molar-refractivity contribution in [2.24, 2.45) is 0 Å². The summed E-state index contributed by atoms with van der Waals surface area (Å²) in [6.07, 6.45) is 3.94. The van der Waals surface area contributed by atoms with E-state index in [0.29, 0.717) is 5.11 Å². The number of nitrogens with zero attached hydrogens (tertiary/aromatic N) is 3. The van der Waals surface area contributed by atoms with Crippen LogP contribution in [0.2, 0.25) is 0 Å². The summed E-state index contributed by atoms with van der Waals surface area (Å²) >= 11 is 9.37. The van der Waals surface area contributed by atoms with Gasteiger partial charge >= 0.3 is 0 Å². The van der Waals surface area contributed by atoms with Crippen LogP contribution in [0.5, 0.6) is 0 Å². The van der Waals surface area contributed by atoms with E-state index in [2.05, 4.69) is 103 Å². The van der Waals surface area contributed by atoms with E-state index in [9.17, 15) is 0 Å². The molecule has 4 aromatic rings. The van der Waals surface area contributed by atoms with Gasteiger partial charge in [-0.1, -0.05) is 39.7 Å². The molecule has 154 valence electrons. The third kappa shape index (κ3) is 3.77. The minimum atomic E-state index is -0.0727. The molecular formula is C25H21BrN4S. The van der Waals surface area contributed by atoms with Crippen LogP contribution in [-0.2, 0) is 0 Å². The molecule has 0 spiro atoms. The molecule has 4 nitrogen and oxygen atoms in total. The first-order chi connectivity index (χ1) is 15.1. The predicted molar refractivity (Wildman–Crippen MR) is 133 cm³/mol. The third-order valence-electron chi connectivity index (χ3n) is 5.60. The highest BCUT2D eigenvalue weighted by atomic mass is 79.9. The Labute approximate surface area is 195 Å². The van der Waals surface area contributed by atoms with Gasteiger partial charge in [0.25, 0.3) is 0 Å². The van der Waals surface area contributed by atoms with E-state index in [4.69, 9.17) is 12.2 Å². The Balaban J connectivity index is 1.66. The molecule has 1 fully saturated rings. The number of aryl methyl sites for hydroxylation is 1. The standard InChI is InChI=1S/C25H21BrN4S/c1-17-7-11-19(12-8-17)29-16-4-6-22(29)24-23(21-5-2-3-15-27-21)28-25(31)30(24)20-13-9-18(26)10-14-20/h2-16,23-24H,1H3,(H,28,31)/t23-,24-/m1/s1. The maximum Gasteiger partial charge on any atom is 0.174 e. The lowest BCUT2D eigenvalue weighted by molar-refractivity contribution is 0.549. The van der Waals surface area contributed by atoms with Crippen molar-refractivity contribution in [3.8, 4) is 5.69 Å². The van der Waals surface area contributed by atoms with Gasteiger partial charge < -0.3 is 14.8 Å². The highest BCUT2D eigenvalue weighted by Gasteiger charge is 2.42. The average Bonchev–Trinajstić information content (AvgIpc) is 3.40. The molecule has 1 aliphatic rings. The summed E-state index contributed by atoms with van der Waals surface area (Å²) in [7, 11) is 0. The molecule has 0 bridgehead atoms. The molecule has 2 aromatic carbocycles. The van der Waals surface area contributed by atoms with Gasteiger partial charge in [0.1, 0.15) is 6.04 Å². The number of aromatic nitrogens is 2. The second-order valence-electron chi connectivity index (χ2n) is 7.61. The molecule has 3 heterocycles. The van der Waals surface area contributed by atoms with Crippen LogP contribution in [0.1, 0.15) is 29.0 Å². The van der Waals surface area contributed by atoms with E-state index < -0.39 is 0 Å². The van der Waals surface area contributed by atoms with Crippen LogP contribution in [0.4, 0.5) is 5.69 Å². The highest BCUT2D eigenvalue weighted by molar-refractivity contribution is 9.10. The summed E-state index contributed by atoms with van der Waals surface area (Å²) in [6, 6.07) is 27.0. The van der Waals surface area contributed by atoms with Gasteiger partial charge in [-0.05, 0) is 79.8 Å². The van der Waals surface area contributed by atoms with Crippen LogP contribution < -0.4 is 10.2 Å². The van der Waals surface area contributed by atoms with Gasteiger partial charge in [-0.25, -0.2) is 0 Å². The molecule has 2 aromatic heterocycles. The molecule has 31 heavy (non-hydrogen) atoms. The van der Waals surface area contributed by atoms with Crippen molar-refractivity contribution in [2.75, 3.05) is 4.90 Å². The van der Waals surface area contributed by atoms with Crippen molar-refractivity contribution < 1.29 is 0 Å². The monoisotopic (exact) mass is 488 g/mol. The first-order valence-corrected chi connectivity index (χ1v) is 11.3. The van der Waals surface area contributed by atoms with Gasteiger partial charge in [0, 0.05) is 33.9 Å². The fourth-order valence-electron chi connectivity index (χ4n) is 4.11. The molecule has 0 saturated carbocycles. The lowest BCUT2D eigenvalue weighted by Gasteiger charge is -2.29. The smallest absolute Gasteiger partial charge is 0.174 e. The van der Waals surface area contributed by atoms with Crippen LogP contribution in [0.25, 0.3) is 5.69 Å². The molecule has 6 heteroatoms. The van der Waals surface area contributed by atoms with Gasteiger partial charge in [0.05, 0.1) is 11.7 Å². The minimum absolute atomic E-state index is 0.0557. The third-order valence-corrected chi connectivity index (χ3v) is 6.44. The largest absolute Gasteiger partial charge is 0.351 e. The summed E-state index contributed by atoms with van der Waals surface area (Å²) in [4.78, 5) is 6.84. The number of thiocarbonyl (C=S) groups is 1. The number of benzene rings is 2. The maximum atomic E-state index is 5.83. The highest BCUT2D eigenvalue weighted by Crippen LogP contribution is 2.42. The average molecular weight is 489 g/mol. The van der Waals surface area contributed by atoms with Crippen LogP contribution in [-0.4, -0.2) is 14.7 Å². The fourth-order valence-corrected chi connectivity index (χ4v) is 4.72. The molecule has 2 atom stereocenters. The van der Waals surface area contributed by atoms with Crippen molar-refractivity contribution in [3.05, 3.63) is 113 Å². The number of nitrogens with one attached hydrogen (secondary N) is 1. The van der Waals surface area contributed by atoms with E-state index in [-0.39, 0.29) is 12.1 Å². The zero-order valence-corrected chi connectivity index (χ0v) is 19.3. The Kier molecular flexibility index (Phi) is 5.34. The van der Waals surface area contributed by atoms with E-state index in [0.717, 1.165) is 27.2 Å². The van der Waals surface area contributed by atoms with Crippen molar-refractivity contribution in [1.82, 2.24) is 14.9 Å². The summed E-state index contributed by atoms with van der Waals surface area (Å²) in [6.45, 7) is 2.10. The zero-order chi connectivity index (χ0) is 21.4. The lowest BCUT2D eigenvalue weighted by atomic mass is 10.0. The van der Waals surface area contributed by atoms with E-state index in [1.54, 1.807) is 0 Å². The summed E-state index contributed by atoms with van der Waals surface area (Å²) in [5, 5.41) is 4.22. The zero-order valence-electron chi connectivity index (χ0n) is 16.9. The van der Waals surface area contributed by atoms with Crippen LogP contribution in [0.15, 0.2) is 95.7 Å². The van der Waals surface area contributed by atoms with E-state index >= 15 is 0 Å². The van der Waals surface area contributed by atoms with Gasteiger partial charge in [0.15, 0.2) is 5.11 Å². The Morgan fingerprint density at radius 2 is 1.65 bits per heavy atom. The Morgan fingerprint density at radius 1 is 0.903 bits per heavy atom. The first kappa shape index (κ1) is 20.0. The number of hydrogen-bond donors (Lipinski definition) is 1. The van der Waals surface area contributed by atoms with Gasteiger partial charge in [-0.2, -0.15) is 0 Å². The number of hydrogen-bond acceptors (Lipinski definition) is 2. The fraction of sp³-hybridized carbons (Fsp3) is 0.120. The van der Waals surface area contributed by atoms with E-state index in [1.807, 2.05) is 30.5 Å². The maximum absolute atomic E-state index is 5.83. The summed E-state index contributed by atoms with van der Waals surface area (Å²) < 4.78 is 3.27. The second kappa shape index (κ2) is 8.29. The van der Waals surface area contributed by atoms with Crippen molar-refractivity contribution in [3.63, 3.8) is 0 Å². The quantitative estimate of drug-likeness (QED) is 0.350. The molecule has 0 radical (unpaired) electrons.